The van der Waals surface area contributed by atoms with E-state index in [1.807, 2.05) is 18.2 Å². The third kappa shape index (κ3) is 4.10. The topological polar surface area (TPSA) is 49.3 Å². The highest BCUT2D eigenvalue weighted by Gasteiger charge is 2.02. The molecule has 0 aliphatic carbocycles. The maximum Gasteiger partial charge on any atom is 0.191 e. The van der Waals surface area contributed by atoms with Crippen molar-refractivity contribution in [3.05, 3.63) is 78.1 Å². The summed E-state index contributed by atoms with van der Waals surface area (Å²) < 4.78 is 0. The van der Waals surface area contributed by atoms with Crippen LogP contribution in [0.1, 0.15) is 11.3 Å². The first-order chi connectivity index (χ1) is 11.9. The molecule has 0 aliphatic rings. The van der Waals surface area contributed by atoms with E-state index < -0.39 is 0 Å². The van der Waals surface area contributed by atoms with E-state index in [4.69, 9.17) is 0 Å². The minimum absolute atomic E-state index is 0.661. The fourth-order valence-corrected chi connectivity index (χ4v) is 2.72. The van der Waals surface area contributed by atoms with Gasteiger partial charge in [0.2, 0.25) is 0 Å². The molecule has 0 aliphatic heterocycles. The third-order valence-corrected chi connectivity index (χ3v) is 3.95. The van der Waals surface area contributed by atoms with Gasteiger partial charge in [0.05, 0.1) is 12.2 Å². The van der Waals surface area contributed by atoms with Crippen LogP contribution in [0.3, 0.4) is 0 Å². The molecule has 4 heteroatoms. The molecule has 0 radical (unpaired) electrons. The van der Waals surface area contributed by atoms with Crippen LogP contribution >= 0.6 is 0 Å². The average molecular weight is 318 g/mol. The minimum Gasteiger partial charge on any atom is -0.356 e. The lowest BCUT2D eigenvalue weighted by atomic mass is 10.0. The number of hydrogen-bond acceptors (Lipinski definition) is 2. The van der Waals surface area contributed by atoms with Gasteiger partial charge in [0.1, 0.15) is 0 Å². The first-order valence-electron chi connectivity index (χ1n) is 8.18. The van der Waals surface area contributed by atoms with E-state index in [0.717, 1.165) is 24.6 Å². The highest BCUT2D eigenvalue weighted by molar-refractivity contribution is 5.85. The molecule has 24 heavy (non-hydrogen) atoms. The molecule has 0 saturated heterocycles. The molecule has 0 amide bonds. The second-order valence-electron chi connectivity index (χ2n) is 5.56. The Morgan fingerprint density at radius 2 is 1.79 bits per heavy atom. The standard InChI is InChI=1S/C20H22N4/c1-21-20(24-15-18-10-4-5-13-22-18)23-14-12-17-9-6-8-16-7-2-3-11-19(16)17/h2-11,13H,12,14-15H2,1H3,(H2,21,23,24). The van der Waals surface area contributed by atoms with Gasteiger partial charge in [-0.2, -0.15) is 0 Å². The highest BCUT2D eigenvalue weighted by atomic mass is 15.2. The van der Waals surface area contributed by atoms with E-state index in [1.54, 1.807) is 13.2 Å². The second-order valence-corrected chi connectivity index (χ2v) is 5.56. The second kappa shape index (κ2) is 8.11. The van der Waals surface area contributed by atoms with Crippen molar-refractivity contribution in [1.29, 1.82) is 0 Å². The van der Waals surface area contributed by atoms with Gasteiger partial charge < -0.3 is 10.6 Å². The molecule has 4 nitrogen and oxygen atoms in total. The summed E-state index contributed by atoms with van der Waals surface area (Å²) in [4.78, 5) is 8.57. The normalized spacial score (nSPS) is 11.5. The van der Waals surface area contributed by atoms with Crippen LogP contribution in [0, 0.1) is 0 Å². The van der Waals surface area contributed by atoms with E-state index in [-0.39, 0.29) is 0 Å². The lowest BCUT2D eigenvalue weighted by Gasteiger charge is -2.12. The summed E-state index contributed by atoms with van der Waals surface area (Å²) in [7, 11) is 1.78. The lowest BCUT2D eigenvalue weighted by molar-refractivity contribution is 0.785. The predicted molar refractivity (Wildman–Crippen MR) is 100 cm³/mol. The van der Waals surface area contributed by atoms with Crippen molar-refractivity contribution < 1.29 is 0 Å². The summed E-state index contributed by atoms with van der Waals surface area (Å²) in [5.41, 5.74) is 2.34. The molecule has 3 aromatic rings. The van der Waals surface area contributed by atoms with E-state index >= 15 is 0 Å². The van der Waals surface area contributed by atoms with Crippen LogP contribution in [0.15, 0.2) is 71.9 Å². The maximum atomic E-state index is 4.30. The number of nitrogens with zero attached hydrogens (tertiary/aromatic N) is 2. The molecule has 122 valence electrons. The van der Waals surface area contributed by atoms with Gasteiger partial charge in [-0.05, 0) is 34.9 Å². The van der Waals surface area contributed by atoms with Gasteiger partial charge in [-0.15, -0.1) is 0 Å². The number of guanidine groups is 1. The van der Waals surface area contributed by atoms with Gasteiger partial charge in [-0.3, -0.25) is 9.98 Å². The largest absolute Gasteiger partial charge is 0.356 e. The van der Waals surface area contributed by atoms with E-state index in [0.29, 0.717) is 6.54 Å². The lowest BCUT2D eigenvalue weighted by Crippen LogP contribution is -2.38. The Morgan fingerprint density at radius 1 is 0.958 bits per heavy atom. The molecule has 2 aromatic carbocycles. The van der Waals surface area contributed by atoms with Crippen LogP contribution < -0.4 is 10.6 Å². The third-order valence-electron chi connectivity index (χ3n) is 3.95. The van der Waals surface area contributed by atoms with Crippen LogP contribution in [0.5, 0.6) is 0 Å². The van der Waals surface area contributed by atoms with Crippen LogP contribution in [-0.4, -0.2) is 24.5 Å². The van der Waals surface area contributed by atoms with Crippen molar-refractivity contribution in [3.8, 4) is 0 Å². The molecule has 0 atom stereocenters. The number of rotatable bonds is 5. The summed E-state index contributed by atoms with van der Waals surface area (Å²) in [6, 6.07) is 20.9. The number of fused-ring (bicyclic) bond motifs is 1. The van der Waals surface area contributed by atoms with E-state index in [2.05, 4.69) is 63.1 Å². The fourth-order valence-electron chi connectivity index (χ4n) is 2.72. The van der Waals surface area contributed by atoms with Crippen molar-refractivity contribution in [3.63, 3.8) is 0 Å². The molecular weight excluding hydrogens is 296 g/mol. The van der Waals surface area contributed by atoms with Gasteiger partial charge in [0.25, 0.3) is 0 Å². The fraction of sp³-hybridized carbons (Fsp3) is 0.200. The molecular formula is C20H22N4. The summed E-state index contributed by atoms with van der Waals surface area (Å²) in [5.74, 6) is 0.792. The Morgan fingerprint density at radius 3 is 2.62 bits per heavy atom. The quantitative estimate of drug-likeness (QED) is 0.561. The smallest absolute Gasteiger partial charge is 0.191 e. The summed E-state index contributed by atoms with van der Waals surface area (Å²) in [6.07, 6.45) is 2.75. The molecule has 2 N–H and O–H groups in total. The molecule has 0 saturated carbocycles. The monoisotopic (exact) mass is 318 g/mol. The first kappa shape index (κ1) is 16.0. The van der Waals surface area contributed by atoms with Crippen LogP contribution in [0.2, 0.25) is 0 Å². The summed E-state index contributed by atoms with van der Waals surface area (Å²) >= 11 is 0. The summed E-state index contributed by atoms with van der Waals surface area (Å²) in [6.45, 7) is 1.49. The number of aliphatic imine (C=N–C) groups is 1. The molecule has 1 heterocycles. The Kier molecular flexibility index (Phi) is 5.40. The molecule has 0 fully saturated rings. The molecule has 0 spiro atoms. The van der Waals surface area contributed by atoms with E-state index in [9.17, 15) is 0 Å². The van der Waals surface area contributed by atoms with Gasteiger partial charge in [0.15, 0.2) is 5.96 Å². The van der Waals surface area contributed by atoms with Crippen LogP contribution in [-0.2, 0) is 13.0 Å². The van der Waals surface area contributed by atoms with Gasteiger partial charge in [-0.1, -0.05) is 48.5 Å². The number of nitrogens with one attached hydrogen (secondary N) is 2. The predicted octanol–water partition coefficient (Wildman–Crippen LogP) is 3.14. The zero-order valence-corrected chi connectivity index (χ0v) is 13.9. The summed E-state index contributed by atoms with van der Waals surface area (Å²) in [5, 5.41) is 9.25. The first-order valence-corrected chi connectivity index (χ1v) is 8.18. The Balaban J connectivity index is 1.54. The highest BCUT2D eigenvalue weighted by Crippen LogP contribution is 2.18. The zero-order valence-electron chi connectivity index (χ0n) is 13.9. The molecule has 1 aromatic heterocycles. The van der Waals surface area contributed by atoms with Crippen molar-refractivity contribution >= 4 is 16.7 Å². The van der Waals surface area contributed by atoms with Crippen LogP contribution in [0.4, 0.5) is 0 Å². The number of pyridine rings is 1. The molecule has 3 rings (SSSR count). The van der Waals surface area contributed by atoms with Gasteiger partial charge in [-0.25, -0.2) is 0 Å². The Hall–Kier alpha value is -2.88. The van der Waals surface area contributed by atoms with E-state index in [1.165, 1.54) is 16.3 Å². The van der Waals surface area contributed by atoms with Crippen molar-refractivity contribution in [2.45, 2.75) is 13.0 Å². The SMILES string of the molecule is CN=C(NCCc1cccc2ccccc12)NCc1ccccn1. The minimum atomic E-state index is 0.661. The molecule has 0 bridgehead atoms. The van der Waals surface area contributed by atoms with Gasteiger partial charge >= 0.3 is 0 Å². The van der Waals surface area contributed by atoms with Crippen molar-refractivity contribution in [2.24, 2.45) is 4.99 Å². The zero-order chi connectivity index (χ0) is 16.6. The van der Waals surface area contributed by atoms with Gasteiger partial charge in [0, 0.05) is 19.8 Å². The number of hydrogen-bond donors (Lipinski definition) is 2. The molecule has 0 unspecified atom stereocenters. The maximum absolute atomic E-state index is 4.30. The average Bonchev–Trinajstić information content (AvgIpc) is 2.65. The van der Waals surface area contributed by atoms with Crippen LogP contribution in [0.25, 0.3) is 10.8 Å². The Labute approximate surface area is 142 Å². The van der Waals surface area contributed by atoms with Crippen molar-refractivity contribution in [2.75, 3.05) is 13.6 Å². The van der Waals surface area contributed by atoms with Crippen molar-refractivity contribution in [1.82, 2.24) is 15.6 Å². The number of benzene rings is 2. The number of aromatic nitrogens is 1. The Bertz CT molecular complexity index is 807.